The topological polar surface area (TPSA) is 82.7 Å². The van der Waals surface area contributed by atoms with E-state index in [9.17, 15) is 4.79 Å². The van der Waals surface area contributed by atoms with Gasteiger partial charge in [0.05, 0.1) is 16.6 Å². The van der Waals surface area contributed by atoms with Crippen LogP contribution < -0.4 is 10.6 Å². The molecule has 3 N–H and O–H groups in total. The molecule has 0 spiro atoms. The number of pyridine rings is 1. The van der Waals surface area contributed by atoms with Gasteiger partial charge in [-0.3, -0.25) is 4.79 Å². The molecule has 0 saturated heterocycles. The van der Waals surface area contributed by atoms with Gasteiger partial charge in [-0.25, -0.2) is 9.97 Å². The van der Waals surface area contributed by atoms with E-state index < -0.39 is 0 Å². The van der Waals surface area contributed by atoms with Crippen molar-refractivity contribution in [3.05, 3.63) is 41.1 Å². The quantitative estimate of drug-likeness (QED) is 0.766. The number of H-pyrrole nitrogens is 1. The average Bonchev–Trinajstić information content (AvgIpc) is 3.00. The first-order valence-electron chi connectivity index (χ1n) is 6.81. The van der Waals surface area contributed by atoms with E-state index in [0.29, 0.717) is 22.2 Å². The van der Waals surface area contributed by atoms with E-state index >= 15 is 0 Å². The van der Waals surface area contributed by atoms with Gasteiger partial charge in [-0.2, -0.15) is 0 Å². The summed E-state index contributed by atoms with van der Waals surface area (Å²) in [6.07, 6.45) is 5.81. The average molecular weight is 308 g/mol. The Morgan fingerprint density at radius 3 is 2.95 bits per heavy atom. The zero-order chi connectivity index (χ0) is 15.2. The highest BCUT2D eigenvalue weighted by Gasteiger charge is 2.16. The number of anilines is 1. The highest BCUT2D eigenvalue weighted by atomic mass is 35.5. The fourth-order valence-electron chi connectivity index (χ4n) is 1.82. The third-order valence-corrected chi connectivity index (χ3v) is 3.23. The molecule has 2 heterocycles. The Bertz CT molecular complexity index is 599. The van der Waals surface area contributed by atoms with Crippen molar-refractivity contribution >= 4 is 23.3 Å². The van der Waals surface area contributed by atoms with Crippen LogP contribution in [0, 0.1) is 0 Å². The summed E-state index contributed by atoms with van der Waals surface area (Å²) in [5, 5.41) is 6.30. The van der Waals surface area contributed by atoms with Crippen LogP contribution in [0.15, 0.2) is 24.7 Å². The molecule has 1 atom stereocenters. The monoisotopic (exact) mass is 307 g/mol. The first kappa shape index (κ1) is 15.3. The summed E-state index contributed by atoms with van der Waals surface area (Å²) < 4.78 is 0. The molecule has 0 radical (unpaired) electrons. The lowest BCUT2D eigenvalue weighted by Crippen LogP contribution is -2.27. The van der Waals surface area contributed by atoms with Crippen LogP contribution in [-0.2, 0) is 0 Å². The second-order valence-corrected chi connectivity index (χ2v) is 5.05. The normalized spacial score (nSPS) is 12.0. The molecule has 112 valence electrons. The van der Waals surface area contributed by atoms with Crippen LogP contribution in [0.3, 0.4) is 0 Å². The zero-order valence-corrected chi connectivity index (χ0v) is 12.7. The molecule has 0 aliphatic heterocycles. The van der Waals surface area contributed by atoms with Crippen LogP contribution in [0.1, 0.15) is 42.5 Å². The van der Waals surface area contributed by atoms with Crippen molar-refractivity contribution in [1.82, 2.24) is 20.3 Å². The molecular weight excluding hydrogens is 290 g/mol. The van der Waals surface area contributed by atoms with Crippen molar-refractivity contribution in [1.29, 1.82) is 0 Å². The van der Waals surface area contributed by atoms with Crippen molar-refractivity contribution in [2.45, 2.75) is 26.3 Å². The largest absolute Gasteiger partial charge is 0.370 e. The number of carbonyl (C=O) groups excluding carboxylic acids is 1. The maximum Gasteiger partial charge on any atom is 0.253 e. The van der Waals surface area contributed by atoms with E-state index in [1.54, 1.807) is 18.5 Å². The van der Waals surface area contributed by atoms with Crippen molar-refractivity contribution in [2.75, 3.05) is 11.9 Å². The van der Waals surface area contributed by atoms with Gasteiger partial charge in [0.25, 0.3) is 5.91 Å². The summed E-state index contributed by atoms with van der Waals surface area (Å²) >= 11 is 6.06. The first-order valence-corrected chi connectivity index (χ1v) is 7.19. The van der Waals surface area contributed by atoms with Crippen molar-refractivity contribution < 1.29 is 4.79 Å². The highest BCUT2D eigenvalue weighted by molar-refractivity contribution is 6.33. The molecule has 2 aromatic heterocycles. The Morgan fingerprint density at radius 1 is 1.48 bits per heavy atom. The van der Waals surface area contributed by atoms with Crippen molar-refractivity contribution in [2.24, 2.45) is 0 Å². The van der Waals surface area contributed by atoms with E-state index in [1.807, 2.05) is 6.92 Å². The summed E-state index contributed by atoms with van der Waals surface area (Å²) in [4.78, 5) is 23.5. The van der Waals surface area contributed by atoms with Gasteiger partial charge < -0.3 is 15.6 Å². The van der Waals surface area contributed by atoms with Gasteiger partial charge in [0.1, 0.15) is 11.6 Å². The van der Waals surface area contributed by atoms with Crippen molar-refractivity contribution in [3.8, 4) is 0 Å². The third kappa shape index (κ3) is 3.95. The Kier molecular flexibility index (Phi) is 5.16. The molecule has 0 fully saturated rings. The molecule has 6 nitrogen and oxygen atoms in total. The van der Waals surface area contributed by atoms with E-state index in [1.165, 1.54) is 6.20 Å². The van der Waals surface area contributed by atoms with E-state index in [-0.39, 0.29) is 11.9 Å². The number of amides is 1. The molecule has 2 aromatic rings. The molecule has 7 heteroatoms. The van der Waals surface area contributed by atoms with E-state index in [2.05, 4.69) is 32.5 Å². The van der Waals surface area contributed by atoms with Crippen molar-refractivity contribution in [3.63, 3.8) is 0 Å². The zero-order valence-electron chi connectivity index (χ0n) is 12.0. The Labute approximate surface area is 128 Å². The summed E-state index contributed by atoms with van der Waals surface area (Å²) in [5.41, 5.74) is 0.392. The minimum Gasteiger partial charge on any atom is -0.370 e. The summed E-state index contributed by atoms with van der Waals surface area (Å²) in [7, 11) is 0. The Balaban J connectivity index is 2.10. The smallest absolute Gasteiger partial charge is 0.253 e. The molecule has 0 bridgehead atoms. The summed E-state index contributed by atoms with van der Waals surface area (Å²) in [6, 6.07) is 1.42. The number of aromatic nitrogens is 3. The second-order valence-electron chi connectivity index (χ2n) is 4.65. The number of hydrogen-bond donors (Lipinski definition) is 3. The van der Waals surface area contributed by atoms with Gasteiger partial charge in [0, 0.05) is 25.1 Å². The molecule has 0 saturated carbocycles. The molecule has 21 heavy (non-hydrogen) atoms. The number of nitrogens with one attached hydrogen (secondary N) is 3. The molecule has 0 aliphatic carbocycles. The van der Waals surface area contributed by atoms with Gasteiger partial charge in [0.15, 0.2) is 0 Å². The summed E-state index contributed by atoms with van der Waals surface area (Å²) in [6.45, 7) is 4.70. The van der Waals surface area contributed by atoms with Crippen LogP contribution >= 0.6 is 11.6 Å². The minimum atomic E-state index is -0.258. The van der Waals surface area contributed by atoms with Crippen LogP contribution in [0.25, 0.3) is 0 Å². The predicted octanol–water partition coefficient (Wildman–Crippen LogP) is 2.77. The highest BCUT2D eigenvalue weighted by Crippen LogP contribution is 2.19. The first-order chi connectivity index (χ1) is 10.1. The lowest BCUT2D eigenvalue weighted by atomic mass is 10.2. The van der Waals surface area contributed by atoms with Gasteiger partial charge in [-0.1, -0.05) is 18.5 Å². The summed E-state index contributed by atoms with van der Waals surface area (Å²) in [5.74, 6) is 1.07. The lowest BCUT2D eigenvalue weighted by molar-refractivity contribution is 0.0938. The van der Waals surface area contributed by atoms with Gasteiger partial charge in [-0.05, 0) is 19.4 Å². The van der Waals surface area contributed by atoms with E-state index in [0.717, 1.165) is 13.0 Å². The van der Waals surface area contributed by atoms with Crippen LogP contribution in [0.2, 0.25) is 5.02 Å². The maximum atomic E-state index is 12.3. The maximum absolute atomic E-state index is 12.3. The predicted molar refractivity (Wildman–Crippen MR) is 82.5 cm³/mol. The van der Waals surface area contributed by atoms with Crippen LogP contribution in [0.4, 0.5) is 5.82 Å². The molecule has 1 amide bonds. The minimum absolute atomic E-state index is 0.233. The number of carbonyl (C=O) groups is 1. The molecule has 0 aliphatic rings. The molecule has 0 aromatic carbocycles. The lowest BCUT2D eigenvalue weighted by Gasteiger charge is -2.13. The number of halogens is 1. The van der Waals surface area contributed by atoms with Crippen LogP contribution in [0.5, 0.6) is 0 Å². The number of nitrogens with zero attached hydrogens (tertiary/aromatic N) is 2. The van der Waals surface area contributed by atoms with Gasteiger partial charge in [0.2, 0.25) is 0 Å². The van der Waals surface area contributed by atoms with Gasteiger partial charge >= 0.3 is 0 Å². The van der Waals surface area contributed by atoms with E-state index in [4.69, 9.17) is 11.6 Å². The van der Waals surface area contributed by atoms with Crippen LogP contribution in [-0.4, -0.2) is 27.4 Å². The Hall–Kier alpha value is -2.08. The number of hydrogen-bond acceptors (Lipinski definition) is 4. The second kappa shape index (κ2) is 7.08. The standard InChI is InChI=1S/C14H18ClN5O/c1-3-4-16-12-7-10(11(15)8-19-12)14(21)20-9(2)13-17-5-6-18-13/h5-9H,3-4H2,1-2H3,(H,16,19)(H,17,18)(H,20,21). The molecular formula is C14H18ClN5O. The Morgan fingerprint density at radius 2 is 2.29 bits per heavy atom. The number of imidazole rings is 1. The number of aromatic amines is 1. The molecule has 1 unspecified atom stereocenters. The third-order valence-electron chi connectivity index (χ3n) is 2.93. The van der Waals surface area contributed by atoms with Gasteiger partial charge in [-0.15, -0.1) is 0 Å². The fraction of sp³-hybridized carbons (Fsp3) is 0.357. The number of rotatable bonds is 6. The molecule has 2 rings (SSSR count). The fourth-order valence-corrected chi connectivity index (χ4v) is 2.01. The SMILES string of the molecule is CCCNc1cc(C(=O)NC(C)c2ncc[nH]2)c(Cl)cn1.